The molecule has 0 aromatic carbocycles. The number of halogens is 1. The Morgan fingerprint density at radius 1 is 1.40 bits per heavy atom. The molecule has 1 aromatic rings. The van der Waals surface area contributed by atoms with Gasteiger partial charge in [-0.2, -0.15) is 0 Å². The quantitative estimate of drug-likeness (QED) is 0.845. The Kier molecular flexibility index (Phi) is 3.24. The van der Waals surface area contributed by atoms with Gasteiger partial charge in [-0.05, 0) is 40.6 Å². The fourth-order valence-corrected chi connectivity index (χ4v) is 2.41. The van der Waals surface area contributed by atoms with Gasteiger partial charge in [0.1, 0.15) is 10.4 Å². The van der Waals surface area contributed by atoms with Gasteiger partial charge in [0, 0.05) is 13.6 Å². The van der Waals surface area contributed by atoms with Gasteiger partial charge in [-0.15, -0.1) is 0 Å². The number of nitrogens with zero attached hydrogens (tertiary/aromatic N) is 3. The molecule has 1 aliphatic carbocycles. The highest BCUT2D eigenvalue weighted by Gasteiger charge is 2.26. The molecule has 0 aliphatic heterocycles. The standard InChI is InChI=1S/C11H16BrN3/c1-8-3-9(4-8)7-15(2)11-6-13-10(12)5-14-11/h5-6,8-9H,3-4,7H2,1-2H3. The summed E-state index contributed by atoms with van der Waals surface area (Å²) >= 11 is 3.29. The maximum absolute atomic E-state index is 4.33. The average molecular weight is 270 g/mol. The molecule has 4 heteroatoms. The van der Waals surface area contributed by atoms with Crippen molar-refractivity contribution >= 4 is 21.7 Å². The lowest BCUT2D eigenvalue weighted by atomic mass is 9.76. The SMILES string of the molecule is CC1CC(CN(C)c2cnc(Br)cn2)C1. The zero-order valence-corrected chi connectivity index (χ0v) is 10.7. The van der Waals surface area contributed by atoms with Gasteiger partial charge in [0.2, 0.25) is 0 Å². The summed E-state index contributed by atoms with van der Waals surface area (Å²) in [4.78, 5) is 10.7. The normalized spacial score (nSPS) is 24.7. The first kappa shape index (κ1) is 10.9. The number of hydrogen-bond donors (Lipinski definition) is 0. The zero-order chi connectivity index (χ0) is 10.8. The van der Waals surface area contributed by atoms with Crippen LogP contribution in [-0.4, -0.2) is 23.6 Å². The monoisotopic (exact) mass is 269 g/mol. The fraction of sp³-hybridized carbons (Fsp3) is 0.636. The van der Waals surface area contributed by atoms with Crippen LogP contribution >= 0.6 is 15.9 Å². The van der Waals surface area contributed by atoms with Gasteiger partial charge in [0.05, 0.1) is 12.4 Å². The third-order valence-electron chi connectivity index (χ3n) is 3.00. The summed E-state index contributed by atoms with van der Waals surface area (Å²) in [6.07, 6.45) is 6.27. The smallest absolute Gasteiger partial charge is 0.146 e. The van der Waals surface area contributed by atoms with Crippen LogP contribution in [0.15, 0.2) is 17.0 Å². The lowest BCUT2D eigenvalue weighted by Gasteiger charge is -2.35. The summed E-state index contributed by atoms with van der Waals surface area (Å²) in [5.41, 5.74) is 0. The lowest BCUT2D eigenvalue weighted by molar-refractivity contribution is 0.217. The molecule has 82 valence electrons. The van der Waals surface area contributed by atoms with E-state index in [4.69, 9.17) is 0 Å². The van der Waals surface area contributed by atoms with E-state index in [0.717, 1.165) is 28.8 Å². The van der Waals surface area contributed by atoms with Gasteiger partial charge < -0.3 is 4.90 Å². The predicted molar refractivity (Wildman–Crippen MR) is 64.9 cm³/mol. The van der Waals surface area contributed by atoms with Crippen LogP contribution in [0, 0.1) is 11.8 Å². The minimum absolute atomic E-state index is 0.789. The summed E-state index contributed by atoms with van der Waals surface area (Å²) < 4.78 is 0.789. The minimum atomic E-state index is 0.789. The zero-order valence-electron chi connectivity index (χ0n) is 9.15. The Hall–Kier alpha value is -0.640. The molecule has 3 nitrogen and oxygen atoms in total. The molecular weight excluding hydrogens is 254 g/mol. The van der Waals surface area contributed by atoms with E-state index in [2.05, 4.69) is 44.8 Å². The predicted octanol–water partition coefficient (Wildman–Crippen LogP) is 2.72. The minimum Gasteiger partial charge on any atom is -0.358 e. The summed E-state index contributed by atoms with van der Waals surface area (Å²) in [7, 11) is 2.08. The maximum atomic E-state index is 4.33. The molecule has 0 amide bonds. The highest BCUT2D eigenvalue weighted by molar-refractivity contribution is 9.10. The van der Waals surface area contributed by atoms with E-state index in [-0.39, 0.29) is 0 Å². The van der Waals surface area contributed by atoms with Gasteiger partial charge in [-0.25, -0.2) is 9.97 Å². The Bertz CT molecular complexity index is 319. The average Bonchev–Trinajstić information content (AvgIpc) is 2.16. The largest absolute Gasteiger partial charge is 0.358 e. The molecule has 0 spiro atoms. The Labute approximate surface area is 99.0 Å². The Morgan fingerprint density at radius 3 is 2.67 bits per heavy atom. The van der Waals surface area contributed by atoms with Crippen LogP contribution in [0.25, 0.3) is 0 Å². The van der Waals surface area contributed by atoms with Crippen LogP contribution < -0.4 is 4.90 Å². The van der Waals surface area contributed by atoms with Crippen molar-refractivity contribution in [3.8, 4) is 0 Å². The molecule has 0 radical (unpaired) electrons. The van der Waals surface area contributed by atoms with Crippen molar-refractivity contribution in [1.82, 2.24) is 9.97 Å². The van der Waals surface area contributed by atoms with Crippen molar-refractivity contribution in [1.29, 1.82) is 0 Å². The molecule has 2 rings (SSSR count). The van der Waals surface area contributed by atoms with Crippen LogP contribution in [0.4, 0.5) is 5.82 Å². The van der Waals surface area contributed by atoms with Crippen LogP contribution in [0.1, 0.15) is 19.8 Å². The number of hydrogen-bond acceptors (Lipinski definition) is 3. The molecule has 1 heterocycles. The fourth-order valence-electron chi connectivity index (χ4n) is 2.20. The molecular formula is C11H16BrN3. The van der Waals surface area contributed by atoms with E-state index in [1.54, 1.807) is 6.20 Å². The van der Waals surface area contributed by atoms with Crippen molar-refractivity contribution in [2.24, 2.45) is 11.8 Å². The summed E-state index contributed by atoms with van der Waals surface area (Å²) in [6.45, 7) is 3.41. The van der Waals surface area contributed by atoms with Crippen LogP contribution in [0.2, 0.25) is 0 Å². The first-order valence-electron chi connectivity index (χ1n) is 5.34. The van der Waals surface area contributed by atoms with Gasteiger partial charge in [-0.1, -0.05) is 6.92 Å². The van der Waals surface area contributed by atoms with Crippen LogP contribution in [0.3, 0.4) is 0 Å². The highest BCUT2D eigenvalue weighted by Crippen LogP contribution is 2.33. The van der Waals surface area contributed by atoms with Gasteiger partial charge in [0.25, 0.3) is 0 Å². The first-order chi connectivity index (χ1) is 7.15. The van der Waals surface area contributed by atoms with E-state index >= 15 is 0 Å². The Morgan fingerprint density at radius 2 is 2.13 bits per heavy atom. The molecule has 0 bridgehead atoms. The van der Waals surface area contributed by atoms with Crippen LogP contribution in [-0.2, 0) is 0 Å². The van der Waals surface area contributed by atoms with Crippen LogP contribution in [0.5, 0.6) is 0 Å². The topological polar surface area (TPSA) is 29.0 Å². The van der Waals surface area contributed by atoms with Crippen molar-refractivity contribution in [2.75, 3.05) is 18.5 Å². The van der Waals surface area contributed by atoms with E-state index in [0.29, 0.717) is 0 Å². The number of rotatable bonds is 3. The second-order valence-electron chi connectivity index (χ2n) is 4.52. The second kappa shape index (κ2) is 4.47. The second-order valence-corrected chi connectivity index (χ2v) is 5.33. The summed E-state index contributed by atoms with van der Waals surface area (Å²) in [6, 6.07) is 0. The van der Waals surface area contributed by atoms with Crippen molar-refractivity contribution < 1.29 is 0 Å². The molecule has 0 saturated heterocycles. The molecule has 0 atom stereocenters. The van der Waals surface area contributed by atoms with Gasteiger partial charge in [-0.3, -0.25) is 0 Å². The lowest BCUT2D eigenvalue weighted by Crippen LogP contribution is -2.33. The van der Waals surface area contributed by atoms with E-state index < -0.39 is 0 Å². The molecule has 15 heavy (non-hydrogen) atoms. The number of aromatic nitrogens is 2. The van der Waals surface area contributed by atoms with E-state index in [1.807, 2.05) is 6.20 Å². The molecule has 1 aliphatic rings. The third kappa shape index (κ3) is 2.68. The summed E-state index contributed by atoms with van der Waals surface area (Å²) in [5.74, 6) is 2.72. The maximum Gasteiger partial charge on any atom is 0.146 e. The number of anilines is 1. The van der Waals surface area contributed by atoms with E-state index in [9.17, 15) is 0 Å². The summed E-state index contributed by atoms with van der Waals surface area (Å²) in [5, 5.41) is 0. The first-order valence-corrected chi connectivity index (χ1v) is 6.13. The molecule has 1 fully saturated rings. The van der Waals surface area contributed by atoms with Gasteiger partial charge in [0.15, 0.2) is 0 Å². The molecule has 0 unspecified atom stereocenters. The van der Waals surface area contributed by atoms with Crippen molar-refractivity contribution in [3.05, 3.63) is 17.0 Å². The van der Waals surface area contributed by atoms with Gasteiger partial charge >= 0.3 is 0 Å². The highest BCUT2D eigenvalue weighted by atomic mass is 79.9. The van der Waals surface area contributed by atoms with E-state index in [1.165, 1.54) is 12.8 Å². The molecule has 1 aromatic heterocycles. The third-order valence-corrected chi connectivity index (χ3v) is 3.41. The molecule has 1 saturated carbocycles. The van der Waals surface area contributed by atoms with Crippen molar-refractivity contribution in [3.63, 3.8) is 0 Å². The Balaban J connectivity index is 1.90. The van der Waals surface area contributed by atoms with Crippen molar-refractivity contribution in [2.45, 2.75) is 19.8 Å². The molecule has 0 N–H and O–H groups in total.